The van der Waals surface area contributed by atoms with Crippen LogP contribution in [0.15, 0.2) is 65.8 Å². The molecule has 24 nitrogen and oxygen atoms in total. The van der Waals surface area contributed by atoms with Gasteiger partial charge in [0, 0.05) is 20.7 Å². The van der Waals surface area contributed by atoms with Crippen molar-refractivity contribution in [3.05, 3.63) is 71.8 Å². The SMILES string of the molecule is C.C.C.C.C.C.C.C.C.C.C.C.C.C.C.C.CC1CO1.CCCCOC(=O)C(C)CC(C)(CC(CCC(C)(C)C(=O)OCC(O)COC([O-])=N[N+](C)(C)CC(C)O)c1ccccc1)C(=O)OC.CCCCOC(=O)C(C)CC(C)(CC(CCC(C)(C)C(=O)OCC1COC(=O)O1)c1ccccc1)C(=O)OC.CN(C)N. The summed E-state index contributed by atoms with van der Waals surface area (Å²) in [6, 6.07) is 19.5. The minimum Gasteiger partial charge on any atom is -0.594 e. The number of rotatable bonds is 37. The quantitative estimate of drug-likeness (QED) is 0.00651. The van der Waals surface area contributed by atoms with Gasteiger partial charge in [0.1, 0.15) is 32.5 Å². The third-order valence-corrected chi connectivity index (χ3v) is 15.9. The lowest BCUT2D eigenvalue weighted by Gasteiger charge is -2.34. The number of carbonyl (C=O) groups is 7. The number of epoxide rings is 1. The zero-order valence-corrected chi connectivity index (χ0v) is 59.7. The number of nitrogens with zero attached hydrogens (tertiary/aromatic N) is 3. The predicted octanol–water partition coefficient (Wildman–Crippen LogP) is 19.1. The van der Waals surface area contributed by atoms with E-state index in [2.05, 4.69) is 12.0 Å². The molecule has 2 saturated heterocycles. The summed E-state index contributed by atoms with van der Waals surface area (Å²) in [5.41, 5.74) is -1.70. The lowest BCUT2D eigenvalue weighted by atomic mass is 9.71. The Labute approximate surface area is 677 Å². The third kappa shape index (κ3) is 58.4. The fraction of sp³-hybridized carbons (Fsp3) is 0.767. The number of hydrogen-bond donors (Lipinski definition) is 3. The average molecular weight is 1590 g/mol. The predicted molar refractivity (Wildman–Crippen MR) is 460 cm³/mol. The van der Waals surface area contributed by atoms with Gasteiger partial charge in [-0.15, -0.1) is 0 Å². The van der Waals surface area contributed by atoms with Crippen LogP contribution in [-0.2, 0) is 76.1 Å². The summed E-state index contributed by atoms with van der Waals surface area (Å²) in [5.74, 6) is 1.29. The molecular weight excluding hydrogens is 1410 g/mol. The third-order valence-electron chi connectivity index (χ3n) is 15.9. The number of methoxy groups -OCH3 is 2. The minimum absolute atomic E-state index is 0. The monoisotopic (exact) mass is 1590 g/mol. The molecule has 2 heterocycles. The van der Waals surface area contributed by atoms with E-state index in [-0.39, 0.29) is 192 Å². The van der Waals surface area contributed by atoms with Crippen LogP contribution in [0, 0.1) is 33.5 Å². The number of likely N-dealkylation sites (N-methyl/N-ethyl adjacent to an activating group) is 1. The van der Waals surface area contributed by atoms with Crippen molar-refractivity contribution in [2.24, 2.45) is 44.4 Å². The number of nitrogens with two attached hydrogens (primary N) is 1. The van der Waals surface area contributed by atoms with Crippen LogP contribution in [0.1, 0.15) is 302 Å². The van der Waals surface area contributed by atoms with E-state index in [0.29, 0.717) is 57.8 Å². The van der Waals surface area contributed by atoms with Crippen molar-refractivity contribution in [3.8, 4) is 0 Å². The zero-order valence-electron chi connectivity index (χ0n) is 59.7. The molecule has 2 aliphatic heterocycles. The van der Waals surface area contributed by atoms with Crippen LogP contribution in [0.5, 0.6) is 0 Å². The Balaban J connectivity index is -0.0000000924. The second kappa shape index (κ2) is 71.6. The molecule has 2 aromatic rings. The van der Waals surface area contributed by atoms with Gasteiger partial charge in [0.2, 0.25) is 6.08 Å². The van der Waals surface area contributed by atoms with Gasteiger partial charge in [0.05, 0.1) is 93.8 Å². The van der Waals surface area contributed by atoms with E-state index >= 15 is 0 Å². The molecule has 2 aliphatic rings. The highest BCUT2D eigenvalue weighted by Crippen LogP contribution is 2.44. The Morgan fingerprint density at radius 1 is 0.582 bits per heavy atom. The molecule has 4 N–H and O–H groups in total. The number of benzene rings is 2. The van der Waals surface area contributed by atoms with E-state index in [1.807, 2.05) is 95.3 Å². The molecule has 4 rings (SSSR count). The van der Waals surface area contributed by atoms with Gasteiger partial charge >= 0.3 is 42.0 Å². The first-order valence-electron chi connectivity index (χ1n) is 32.8. The van der Waals surface area contributed by atoms with E-state index in [0.717, 1.165) is 43.4 Å². The number of hydrogen-bond acceptors (Lipinski definition) is 23. The lowest BCUT2D eigenvalue weighted by molar-refractivity contribution is -0.901. The number of hydrazine groups is 1. The van der Waals surface area contributed by atoms with Crippen LogP contribution in [0.3, 0.4) is 0 Å². The topological polar surface area (TPSA) is 320 Å². The Hall–Kier alpha value is -6.44. The van der Waals surface area contributed by atoms with E-state index in [4.69, 9.17) is 53.2 Å². The molecule has 0 bridgehead atoms. The van der Waals surface area contributed by atoms with E-state index in [1.54, 1.807) is 69.7 Å². The van der Waals surface area contributed by atoms with Gasteiger partial charge in [-0.05, 0) is 143 Å². The van der Waals surface area contributed by atoms with Crippen LogP contribution < -0.4 is 10.9 Å². The molecule has 10 atom stereocenters. The maximum atomic E-state index is 13.2. The van der Waals surface area contributed by atoms with Crippen molar-refractivity contribution < 1.29 is 101 Å². The molecule has 0 amide bonds. The number of carbonyl (C=O) groups excluding carboxylic acids is 7. The highest BCUT2D eigenvalue weighted by molar-refractivity contribution is 5.80. The first-order chi connectivity index (χ1) is 43.9. The van der Waals surface area contributed by atoms with Crippen molar-refractivity contribution in [2.75, 3.05) is 95.2 Å². The number of cyclic esters (lactones) is 2. The zero-order chi connectivity index (χ0) is 71.5. The van der Waals surface area contributed by atoms with E-state index in [9.17, 15) is 48.9 Å². The summed E-state index contributed by atoms with van der Waals surface area (Å²) in [6.45, 7) is 23.0. The number of aliphatic hydroxyl groups is 2. The van der Waals surface area contributed by atoms with E-state index < -0.39 is 88.6 Å². The van der Waals surface area contributed by atoms with Crippen molar-refractivity contribution >= 4 is 48.1 Å². The van der Waals surface area contributed by atoms with Crippen molar-refractivity contribution in [1.82, 2.24) is 5.01 Å². The van der Waals surface area contributed by atoms with Crippen LogP contribution in [0.4, 0.5) is 4.79 Å². The van der Waals surface area contributed by atoms with Gasteiger partial charge in [-0.1, -0.05) is 225 Å². The summed E-state index contributed by atoms with van der Waals surface area (Å²) in [4.78, 5) is 88.6. The summed E-state index contributed by atoms with van der Waals surface area (Å²) < 4.78 is 51.3. The first kappa shape index (κ1) is 142. The van der Waals surface area contributed by atoms with Gasteiger partial charge in [0.25, 0.3) is 0 Å². The number of quaternary nitrogens is 1. The van der Waals surface area contributed by atoms with Crippen molar-refractivity contribution in [3.63, 3.8) is 0 Å². The lowest BCUT2D eigenvalue weighted by Crippen LogP contribution is -2.43. The van der Waals surface area contributed by atoms with Crippen molar-refractivity contribution in [1.29, 1.82) is 0 Å². The Bertz CT molecular complexity index is 2580. The van der Waals surface area contributed by atoms with Gasteiger partial charge < -0.3 is 62.7 Å². The van der Waals surface area contributed by atoms with Gasteiger partial charge in [-0.3, -0.25) is 39.6 Å². The fourth-order valence-corrected chi connectivity index (χ4v) is 10.4. The molecule has 10 unspecified atom stereocenters. The Morgan fingerprint density at radius 3 is 1.22 bits per heavy atom. The van der Waals surface area contributed by atoms with Crippen LogP contribution in [0.25, 0.3) is 0 Å². The van der Waals surface area contributed by atoms with Gasteiger partial charge in [-0.25, -0.2) is 4.79 Å². The summed E-state index contributed by atoms with van der Waals surface area (Å²) in [5, 5.41) is 37.2. The molecule has 664 valence electrons. The van der Waals surface area contributed by atoms with Gasteiger partial charge in [0.15, 0.2) is 6.10 Å². The summed E-state index contributed by atoms with van der Waals surface area (Å²) in [6.07, 6.45) is 3.09. The smallest absolute Gasteiger partial charge is 0.508 e. The van der Waals surface area contributed by atoms with Crippen LogP contribution in [0.2, 0.25) is 0 Å². The summed E-state index contributed by atoms with van der Waals surface area (Å²) >= 11 is 0. The highest BCUT2D eigenvalue weighted by Gasteiger charge is 2.43. The molecular formula is C86H180N4O20. The van der Waals surface area contributed by atoms with Crippen molar-refractivity contribution in [2.45, 2.75) is 315 Å². The highest BCUT2D eigenvalue weighted by atomic mass is 16.8. The molecule has 0 aromatic heterocycles. The summed E-state index contributed by atoms with van der Waals surface area (Å²) in [7, 11) is 9.49. The standard InChI is InChI=1S/C35H58N2O10.C30H44O9.C3H6O.C2H8N2.16CH4/c1-10-11-19-45-30(40)25(2)20-35(6,32(42)44-9)21-28(27-15-13-12-14-16-27)17-18-34(4,5)31(41)46-23-29(39)24-47-33(43)36-37(7,8)22-26(3)38;1-7-8-16-36-25(31)21(2)17-30(5,27(33)35-6)18-23(22-12-10-9-11-13-22)14-15-29(3,4)26(32)37-19-24-20-38-28(34)39-24;1-3-2-4-3;1-4(2)3;;;;;;;;;;;;;;;;/h12-16,25-26,28-29,38-39H,10-11,17-24H2,1-9H3;9-13,21,23-24H,7-8,14-20H2,1-6H3;3H,2H2,1H3;3H2,1-2H3;16*1H4. The second-order valence-electron chi connectivity index (χ2n) is 27.4. The number of aliphatic hydroxyl groups excluding tert-OH is 2. The van der Waals surface area contributed by atoms with Crippen LogP contribution >= 0.6 is 0 Å². The number of ether oxygens (including phenoxy) is 10. The molecule has 2 aromatic carbocycles. The number of unbranched alkanes of at least 4 members (excludes halogenated alkanes) is 2. The Morgan fingerprint density at radius 2 is 0.918 bits per heavy atom. The minimum atomic E-state index is -1.25. The molecule has 2 fully saturated rings. The molecule has 0 spiro atoms. The molecule has 24 heteroatoms. The normalized spacial score (nSPS) is 15.2. The number of esters is 6. The Kier molecular flexibility index (Phi) is 92.5. The molecule has 0 saturated carbocycles. The second-order valence-corrected chi connectivity index (χ2v) is 27.4. The average Bonchev–Trinajstić information content (AvgIpc) is 0.966. The maximum absolute atomic E-state index is 13.2. The molecule has 0 radical (unpaired) electrons. The van der Waals surface area contributed by atoms with Crippen LogP contribution in [-0.4, -0.2) is 187 Å². The van der Waals surface area contributed by atoms with E-state index in [1.165, 1.54) is 19.2 Å². The van der Waals surface area contributed by atoms with Gasteiger partial charge in [-0.2, -0.15) is 4.59 Å². The molecule has 0 aliphatic carbocycles. The molecule has 110 heavy (non-hydrogen) atoms. The maximum Gasteiger partial charge on any atom is 0.508 e. The largest absolute Gasteiger partial charge is 0.594 e. The first-order valence-corrected chi connectivity index (χ1v) is 32.8. The fourth-order valence-electron chi connectivity index (χ4n) is 10.4.